The van der Waals surface area contributed by atoms with Crippen molar-refractivity contribution in [2.75, 3.05) is 7.11 Å². The second-order valence-electron chi connectivity index (χ2n) is 5.54. The molecule has 0 amide bonds. The summed E-state index contributed by atoms with van der Waals surface area (Å²) in [6, 6.07) is 11.2. The van der Waals surface area contributed by atoms with E-state index in [4.69, 9.17) is 4.74 Å². The number of carbonyl (C=O) groups is 1. The zero-order chi connectivity index (χ0) is 18.7. The molecule has 0 aliphatic carbocycles. The Labute approximate surface area is 153 Å². The van der Waals surface area contributed by atoms with E-state index in [-0.39, 0.29) is 11.1 Å². The second-order valence-corrected chi connectivity index (χ2v) is 6.49. The zero-order valence-corrected chi connectivity index (χ0v) is 15.2. The lowest BCUT2D eigenvalue weighted by Crippen LogP contribution is -2.22. The van der Waals surface area contributed by atoms with Crippen LogP contribution in [0.25, 0.3) is 10.9 Å². The number of para-hydroxylation sites is 1. The van der Waals surface area contributed by atoms with Gasteiger partial charge in [0.15, 0.2) is 5.16 Å². The number of ether oxygens (including phenoxy) is 1. The lowest BCUT2D eigenvalue weighted by atomic mass is 10.1. The maximum absolute atomic E-state index is 13.5. The molecule has 0 N–H and O–H groups in total. The van der Waals surface area contributed by atoms with Gasteiger partial charge in [-0.15, -0.1) is 0 Å². The summed E-state index contributed by atoms with van der Waals surface area (Å²) in [5.41, 5.74) is 1.31. The molecule has 0 atom stereocenters. The van der Waals surface area contributed by atoms with Gasteiger partial charge in [0.1, 0.15) is 5.82 Å². The number of fused-ring (bicyclic) bond motifs is 1. The van der Waals surface area contributed by atoms with E-state index in [1.807, 2.05) is 13.0 Å². The van der Waals surface area contributed by atoms with Gasteiger partial charge in [-0.2, -0.15) is 0 Å². The maximum atomic E-state index is 13.5. The molecule has 0 bridgehead atoms. The molecule has 0 aliphatic heterocycles. The predicted octanol–water partition coefficient (Wildman–Crippen LogP) is 3.63. The van der Waals surface area contributed by atoms with E-state index in [2.05, 4.69) is 4.98 Å². The molecule has 5 nitrogen and oxygen atoms in total. The Morgan fingerprint density at radius 1 is 1.27 bits per heavy atom. The van der Waals surface area contributed by atoms with E-state index in [0.29, 0.717) is 33.9 Å². The number of rotatable bonds is 5. The van der Waals surface area contributed by atoms with Crippen LogP contribution in [0, 0.1) is 5.82 Å². The highest BCUT2D eigenvalue weighted by Crippen LogP contribution is 2.25. The third kappa shape index (κ3) is 3.48. The number of aromatic nitrogens is 2. The van der Waals surface area contributed by atoms with Crippen LogP contribution in [0.2, 0.25) is 0 Å². The highest BCUT2D eigenvalue weighted by atomic mass is 32.2. The molecule has 3 rings (SSSR count). The number of nitrogens with zero attached hydrogens (tertiary/aromatic N) is 2. The first-order valence-corrected chi connectivity index (χ1v) is 9.02. The zero-order valence-electron chi connectivity index (χ0n) is 14.4. The highest BCUT2D eigenvalue weighted by Gasteiger charge is 2.15. The quantitative estimate of drug-likeness (QED) is 0.389. The number of hydrogen-bond donors (Lipinski definition) is 0. The highest BCUT2D eigenvalue weighted by molar-refractivity contribution is 7.98. The molecule has 7 heteroatoms. The largest absolute Gasteiger partial charge is 0.465 e. The summed E-state index contributed by atoms with van der Waals surface area (Å²) in [5, 5.41) is 1.12. The van der Waals surface area contributed by atoms with Gasteiger partial charge in [0.2, 0.25) is 0 Å². The van der Waals surface area contributed by atoms with Crippen molar-refractivity contribution in [1.82, 2.24) is 9.55 Å². The normalized spacial score (nSPS) is 10.9. The van der Waals surface area contributed by atoms with Crippen molar-refractivity contribution in [2.24, 2.45) is 0 Å². The van der Waals surface area contributed by atoms with Gasteiger partial charge in [0.05, 0.1) is 23.6 Å². The van der Waals surface area contributed by atoms with Crippen molar-refractivity contribution in [2.45, 2.75) is 24.4 Å². The number of carbonyl (C=O) groups excluding carboxylic acids is 1. The van der Waals surface area contributed by atoms with Gasteiger partial charge in [0, 0.05) is 12.3 Å². The van der Waals surface area contributed by atoms with E-state index in [0.717, 1.165) is 6.07 Å². The van der Waals surface area contributed by atoms with Crippen molar-refractivity contribution >= 4 is 28.6 Å². The fourth-order valence-corrected chi connectivity index (χ4v) is 3.72. The fourth-order valence-electron chi connectivity index (χ4n) is 2.65. The number of benzene rings is 2. The summed E-state index contributed by atoms with van der Waals surface area (Å²) in [7, 11) is 1.25. The summed E-state index contributed by atoms with van der Waals surface area (Å²) < 4.78 is 19.8. The summed E-state index contributed by atoms with van der Waals surface area (Å²) in [6.07, 6.45) is 0. The monoisotopic (exact) mass is 372 g/mol. The number of hydrogen-bond acceptors (Lipinski definition) is 5. The summed E-state index contributed by atoms with van der Waals surface area (Å²) in [5.74, 6) is -0.747. The molecule has 0 radical (unpaired) electrons. The Morgan fingerprint density at radius 2 is 2.04 bits per heavy atom. The van der Waals surface area contributed by atoms with Crippen LogP contribution in [0.4, 0.5) is 4.39 Å². The second kappa shape index (κ2) is 7.70. The Kier molecular flexibility index (Phi) is 5.37. The van der Waals surface area contributed by atoms with E-state index < -0.39 is 11.8 Å². The smallest absolute Gasteiger partial charge is 0.338 e. The van der Waals surface area contributed by atoms with Crippen molar-refractivity contribution in [3.8, 4) is 0 Å². The van der Waals surface area contributed by atoms with Crippen LogP contribution in [-0.4, -0.2) is 22.6 Å². The van der Waals surface area contributed by atoms with Gasteiger partial charge in [-0.1, -0.05) is 30.0 Å². The first-order valence-electron chi connectivity index (χ1n) is 8.04. The van der Waals surface area contributed by atoms with Gasteiger partial charge in [-0.25, -0.2) is 14.2 Å². The van der Waals surface area contributed by atoms with Crippen LogP contribution >= 0.6 is 11.8 Å². The molecule has 134 valence electrons. The molecule has 26 heavy (non-hydrogen) atoms. The standard InChI is InChI=1S/C19H17FN2O3S/c1-3-22-17(23)14-6-4-5-7-16(14)21-19(22)26-11-12-8-9-13(20)10-15(12)18(24)25-2/h4-10H,3,11H2,1-2H3. The van der Waals surface area contributed by atoms with Gasteiger partial charge in [-0.05, 0) is 36.8 Å². The Bertz CT molecular complexity index is 1030. The van der Waals surface area contributed by atoms with Crippen molar-refractivity contribution in [3.05, 3.63) is 69.8 Å². The maximum Gasteiger partial charge on any atom is 0.338 e. The number of halogens is 1. The average molecular weight is 372 g/mol. The van der Waals surface area contributed by atoms with E-state index in [9.17, 15) is 14.0 Å². The first-order chi connectivity index (χ1) is 12.5. The summed E-state index contributed by atoms with van der Waals surface area (Å²) in [6.45, 7) is 2.35. The molecular formula is C19H17FN2O3S. The molecule has 3 aromatic rings. The Balaban J connectivity index is 1.98. The van der Waals surface area contributed by atoms with Gasteiger partial charge >= 0.3 is 5.97 Å². The van der Waals surface area contributed by atoms with Gasteiger partial charge < -0.3 is 4.74 Å². The minimum absolute atomic E-state index is 0.104. The van der Waals surface area contributed by atoms with Crippen LogP contribution in [0.3, 0.4) is 0 Å². The minimum Gasteiger partial charge on any atom is -0.465 e. The molecule has 0 aliphatic rings. The van der Waals surface area contributed by atoms with E-state index >= 15 is 0 Å². The Morgan fingerprint density at radius 3 is 2.77 bits per heavy atom. The van der Waals surface area contributed by atoms with Crippen LogP contribution in [0.15, 0.2) is 52.4 Å². The van der Waals surface area contributed by atoms with Crippen molar-refractivity contribution in [1.29, 1.82) is 0 Å². The molecule has 0 unspecified atom stereocenters. The third-order valence-electron chi connectivity index (χ3n) is 3.98. The molecule has 1 aromatic heterocycles. The fraction of sp³-hybridized carbons (Fsp3) is 0.211. The number of methoxy groups -OCH3 is 1. The predicted molar refractivity (Wildman–Crippen MR) is 99.0 cm³/mol. The number of esters is 1. The molecular weight excluding hydrogens is 355 g/mol. The van der Waals surface area contributed by atoms with Gasteiger partial charge in [0.25, 0.3) is 5.56 Å². The topological polar surface area (TPSA) is 61.2 Å². The van der Waals surface area contributed by atoms with Crippen LogP contribution in [0.1, 0.15) is 22.8 Å². The lowest BCUT2D eigenvalue weighted by Gasteiger charge is -2.12. The van der Waals surface area contributed by atoms with Crippen molar-refractivity contribution in [3.63, 3.8) is 0 Å². The lowest BCUT2D eigenvalue weighted by molar-refractivity contribution is 0.0599. The molecule has 0 fully saturated rings. The Hall–Kier alpha value is -2.67. The summed E-state index contributed by atoms with van der Waals surface area (Å²) in [4.78, 5) is 29.1. The molecule has 2 aromatic carbocycles. The first kappa shape index (κ1) is 18.1. The summed E-state index contributed by atoms with van der Waals surface area (Å²) >= 11 is 1.32. The molecule has 0 saturated heterocycles. The van der Waals surface area contributed by atoms with Crippen LogP contribution in [-0.2, 0) is 17.0 Å². The van der Waals surface area contributed by atoms with Crippen LogP contribution in [0.5, 0.6) is 0 Å². The molecule has 1 heterocycles. The minimum atomic E-state index is -0.598. The molecule has 0 saturated carbocycles. The van der Waals surface area contributed by atoms with E-state index in [1.54, 1.807) is 28.8 Å². The van der Waals surface area contributed by atoms with Crippen LogP contribution < -0.4 is 5.56 Å². The van der Waals surface area contributed by atoms with Gasteiger partial charge in [-0.3, -0.25) is 9.36 Å². The third-order valence-corrected chi connectivity index (χ3v) is 5.00. The molecule has 0 spiro atoms. The average Bonchev–Trinajstić information content (AvgIpc) is 2.66. The number of thioether (sulfide) groups is 1. The van der Waals surface area contributed by atoms with E-state index in [1.165, 1.54) is 24.9 Å². The van der Waals surface area contributed by atoms with Crippen molar-refractivity contribution < 1.29 is 13.9 Å². The SMILES string of the molecule is CCn1c(SCc2ccc(F)cc2C(=O)OC)nc2ccccc2c1=O.